The zero-order valence-electron chi connectivity index (χ0n) is 31.2. The van der Waals surface area contributed by atoms with Crippen molar-refractivity contribution in [2.24, 2.45) is 5.92 Å². The molecule has 5 N–H and O–H groups in total. The quantitative estimate of drug-likeness (QED) is 0.0489. The SMILES string of the molecule is CCCCCCCCCCCC(=O)O[C@H]1[C@@H](OC2(CO)O[C@H](CO)[C@@H](O)[C@@H]2O)O[C@H](COC(=O)C(C)C)[C@@H](OC(=O)CCCCCCCC)[C@@H]1O. The molecule has 14 heteroatoms. The van der Waals surface area contributed by atoms with Gasteiger partial charge in [-0.2, -0.15) is 0 Å². The van der Waals surface area contributed by atoms with Crippen molar-refractivity contribution >= 4 is 17.9 Å². The predicted molar refractivity (Wildman–Crippen MR) is 185 cm³/mol. The fourth-order valence-electron chi connectivity index (χ4n) is 6.24. The van der Waals surface area contributed by atoms with Crippen LogP contribution in [0.1, 0.15) is 137 Å². The summed E-state index contributed by atoms with van der Waals surface area (Å²) in [7, 11) is 0. The molecular formula is C37H66O14. The van der Waals surface area contributed by atoms with E-state index in [9.17, 15) is 39.9 Å². The Kier molecular flexibility index (Phi) is 21.7. The molecule has 2 aliphatic heterocycles. The van der Waals surface area contributed by atoms with Gasteiger partial charge in [0.25, 0.3) is 0 Å². The minimum Gasteiger partial charge on any atom is -0.463 e. The molecule has 14 nitrogen and oxygen atoms in total. The van der Waals surface area contributed by atoms with Gasteiger partial charge in [0.2, 0.25) is 12.1 Å². The van der Waals surface area contributed by atoms with E-state index < -0.39 is 98.5 Å². The van der Waals surface area contributed by atoms with Gasteiger partial charge in [-0.05, 0) is 12.8 Å². The zero-order chi connectivity index (χ0) is 37.8. The van der Waals surface area contributed by atoms with Gasteiger partial charge in [0, 0.05) is 12.8 Å². The number of aliphatic hydroxyl groups is 5. The zero-order valence-corrected chi connectivity index (χ0v) is 31.2. The molecule has 0 aromatic heterocycles. The maximum atomic E-state index is 13.1. The Morgan fingerprint density at radius 3 is 1.63 bits per heavy atom. The second-order valence-electron chi connectivity index (χ2n) is 14.2. The van der Waals surface area contributed by atoms with Crippen LogP contribution in [0.3, 0.4) is 0 Å². The standard InChI is InChI=1S/C37H66O14/c1-5-7-9-11-13-14-15-17-19-21-29(41)49-33-31(43)32(48-28(40)20-18-16-12-10-8-6-2)27(23-46-35(45)25(3)4)47-36(33)51-37(24-39)34(44)30(42)26(22-38)50-37/h25-27,30-34,36,38-39,42-44H,5-24H2,1-4H3/t26-,27-,30-,31+,32-,33-,34+,36-,37?/m1/s1. The van der Waals surface area contributed by atoms with Crippen molar-refractivity contribution in [2.45, 2.75) is 192 Å². The molecule has 51 heavy (non-hydrogen) atoms. The highest BCUT2D eigenvalue weighted by Gasteiger charge is 2.59. The summed E-state index contributed by atoms with van der Waals surface area (Å²) < 4.78 is 34.3. The Hall–Kier alpha value is -1.91. The van der Waals surface area contributed by atoms with Crippen LogP contribution < -0.4 is 0 Å². The van der Waals surface area contributed by atoms with Gasteiger partial charge < -0.3 is 54.0 Å². The molecule has 2 saturated heterocycles. The van der Waals surface area contributed by atoms with Crippen LogP contribution in [0.4, 0.5) is 0 Å². The summed E-state index contributed by atoms with van der Waals surface area (Å²) in [6.45, 7) is 5.30. The van der Waals surface area contributed by atoms with E-state index in [1.165, 1.54) is 25.7 Å². The summed E-state index contributed by atoms with van der Waals surface area (Å²) in [4.78, 5) is 38.5. The molecule has 2 rings (SSSR count). The summed E-state index contributed by atoms with van der Waals surface area (Å²) >= 11 is 0. The highest BCUT2D eigenvalue weighted by molar-refractivity contribution is 5.71. The monoisotopic (exact) mass is 734 g/mol. The van der Waals surface area contributed by atoms with Crippen molar-refractivity contribution in [1.29, 1.82) is 0 Å². The average molecular weight is 735 g/mol. The number of aliphatic hydroxyl groups excluding tert-OH is 5. The normalized spacial score (nSPS) is 29.3. The van der Waals surface area contributed by atoms with Crippen molar-refractivity contribution in [1.82, 2.24) is 0 Å². The number of carbonyl (C=O) groups is 3. The molecule has 1 unspecified atom stereocenters. The van der Waals surface area contributed by atoms with Crippen LogP contribution in [-0.4, -0.2) is 118 Å². The summed E-state index contributed by atoms with van der Waals surface area (Å²) in [5.41, 5.74) is 0. The second kappa shape index (κ2) is 24.4. The van der Waals surface area contributed by atoms with E-state index in [2.05, 4.69) is 13.8 Å². The third-order valence-electron chi connectivity index (χ3n) is 9.45. The van der Waals surface area contributed by atoms with E-state index in [0.29, 0.717) is 12.8 Å². The maximum Gasteiger partial charge on any atom is 0.308 e. The molecule has 0 radical (unpaired) electrons. The lowest BCUT2D eigenvalue weighted by Gasteiger charge is -2.45. The van der Waals surface area contributed by atoms with E-state index in [4.69, 9.17) is 28.4 Å². The summed E-state index contributed by atoms with van der Waals surface area (Å²) in [6, 6.07) is 0. The molecule has 0 saturated carbocycles. The van der Waals surface area contributed by atoms with E-state index in [0.717, 1.165) is 57.8 Å². The van der Waals surface area contributed by atoms with Gasteiger partial charge in [-0.3, -0.25) is 14.4 Å². The largest absolute Gasteiger partial charge is 0.463 e. The van der Waals surface area contributed by atoms with Crippen LogP contribution in [0.5, 0.6) is 0 Å². The first-order chi connectivity index (χ1) is 24.4. The highest BCUT2D eigenvalue weighted by atomic mass is 16.8. The van der Waals surface area contributed by atoms with E-state index in [-0.39, 0.29) is 12.8 Å². The third-order valence-corrected chi connectivity index (χ3v) is 9.45. The molecule has 2 fully saturated rings. The summed E-state index contributed by atoms with van der Waals surface area (Å²) in [5, 5.41) is 52.9. The first-order valence-corrected chi connectivity index (χ1v) is 19.3. The lowest BCUT2D eigenvalue weighted by atomic mass is 9.97. The summed E-state index contributed by atoms with van der Waals surface area (Å²) in [6.07, 6.45) is 2.07. The van der Waals surface area contributed by atoms with Gasteiger partial charge >= 0.3 is 17.9 Å². The molecular weight excluding hydrogens is 668 g/mol. The van der Waals surface area contributed by atoms with Crippen molar-refractivity contribution < 1.29 is 68.3 Å². The fourth-order valence-corrected chi connectivity index (χ4v) is 6.24. The van der Waals surface area contributed by atoms with Crippen LogP contribution >= 0.6 is 0 Å². The first kappa shape index (κ1) is 45.2. The minimum atomic E-state index is -2.36. The average Bonchev–Trinajstić information content (AvgIpc) is 3.35. The number of esters is 3. The predicted octanol–water partition coefficient (Wildman–Crippen LogP) is 3.58. The Balaban J connectivity index is 2.25. The van der Waals surface area contributed by atoms with Gasteiger partial charge in [-0.1, -0.05) is 111 Å². The van der Waals surface area contributed by atoms with Crippen LogP contribution in [0.2, 0.25) is 0 Å². The van der Waals surface area contributed by atoms with Crippen LogP contribution in [0, 0.1) is 5.92 Å². The molecule has 0 spiro atoms. The highest BCUT2D eigenvalue weighted by Crippen LogP contribution is 2.37. The fraction of sp³-hybridized carbons (Fsp3) is 0.919. The second-order valence-corrected chi connectivity index (χ2v) is 14.2. The van der Waals surface area contributed by atoms with Gasteiger partial charge in [-0.15, -0.1) is 0 Å². The molecule has 0 bridgehead atoms. The molecule has 298 valence electrons. The summed E-state index contributed by atoms with van der Waals surface area (Å²) in [5.74, 6) is -4.79. The smallest absolute Gasteiger partial charge is 0.308 e. The minimum absolute atomic E-state index is 0.0132. The van der Waals surface area contributed by atoms with Crippen LogP contribution in [0.25, 0.3) is 0 Å². The number of hydrogen-bond acceptors (Lipinski definition) is 14. The van der Waals surface area contributed by atoms with Crippen molar-refractivity contribution in [3.63, 3.8) is 0 Å². The van der Waals surface area contributed by atoms with Crippen LogP contribution in [-0.2, 0) is 42.8 Å². The topological polar surface area (TPSA) is 208 Å². The molecule has 2 heterocycles. The number of rotatable bonds is 26. The first-order valence-electron chi connectivity index (χ1n) is 19.3. The lowest BCUT2D eigenvalue weighted by molar-refractivity contribution is -0.384. The van der Waals surface area contributed by atoms with Gasteiger partial charge in [0.05, 0.1) is 12.5 Å². The van der Waals surface area contributed by atoms with Crippen molar-refractivity contribution in [3.8, 4) is 0 Å². The molecule has 0 aromatic rings. The number of hydrogen-bond donors (Lipinski definition) is 5. The Morgan fingerprint density at radius 1 is 0.686 bits per heavy atom. The van der Waals surface area contributed by atoms with Gasteiger partial charge in [0.15, 0.2) is 12.2 Å². The van der Waals surface area contributed by atoms with Crippen LogP contribution in [0.15, 0.2) is 0 Å². The lowest BCUT2D eigenvalue weighted by Crippen LogP contribution is -2.64. The maximum absolute atomic E-state index is 13.1. The molecule has 0 aromatic carbocycles. The number of ether oxygens (including phenoxy) is 6. The Morgan fingerprint density at radius 2 is 1.18 bits per heavy atom. The Labute approximate surface area is 303 Å². The van der Waals surface area contributed by atoms with E-state index in [1.54, 1.807) is 13.8 Å². The van der Waals surface area contributed by atoms with Gasteiger partial charge in [0.1, 0.15) is 43.7 Å². The third kappa shape index (κ3) is 14.8. The molecule has 9 atom stereocenters. The molecule has 2 aliphatic rings. The van der Waals surface area contributed by atoms with Gasteiger partial charge in [-0.25, -0.2) is 0 Å². The van der Waals surface area contributed by atoms with Crippen molar-refractivity contribution in [3.05, 3.63) is 0 Å². The number of carbonyl (C=O) groups excluding carboxylic acids is 3. The van der Waals surface area contributed by atoms with E-state index in [1.807, 2.05) is 0 Å². The molecule has 0 aliphatic carbocycles. The number of unbranched alkanes of at least 4 members (excludes halogenated alkanes) is 13. The van der Waals surface area contributed by atoms with E-state index >= 15 is 0 Å². The van der Waals surface area contributed by atoms with Crippen molar-refractivity contribution in [2.75, 3.05) is 19.8 Å². The Bertz CT molecular complexity index is 994. The molecule has 0 amide bonds.